The van der Waals surface area contributed by atoms with Gasteiger partial charge >= 0.3 is 0 Å². The number of nitrogens with one attached hydrogen (secondary N) is 1. The molecule has 1 atom stereocenters. The van der Waals surface area contributed by atoms with Crippen LogP contribution >= 0.6 is 0 Å². The third-order valence-electron chi connectivity index (χ3n) is 7.42. The maximum Gasteiger partial charge on any atom is 0.294 e. The van der Waals surface area contributed by atoms with Crippen LogP contribution in [0.1, 0.15) is 108 Å². The molecular formula is C28H49N5O4. The minimum atomic E-state index is -0.718. The Balaban J connectivity index is 1.43. The van der Waals surface area contributed by atoms with Crippen molar-refractivity contribution < 1.29 is 14.7 Å². The number of rotatable bonds is 20. The van der Waals surface area contributed by atoms with E-state index >= 15 is 0 Å². The van der Waals surface area contributed by atoms with E-state index in [1.807, 2.05) is 12.1 Å². The van der Waals surface area contributed by atoms with Crippen molar-refractivity contribution in [2.75, 3.05) is 44.2 Å². The maximum absolute atomic E-state index is 12.4. The minimum absolute atomic E-state index is 0.0362. The molecule has 0 aliphatic carbocycles. The van der Waals surface area contributed by atoms with Crippen LogP contribution in [0.5, 0.6) is 0 Å². The molecule has 1 N–H and O–H groups in total. The Kier molecular flexibility index (Phi) is 15.6. The van der Waals surface area contributed by atoms with Gasteiger partial charge in [-0.15, -0.1) is 10.1 Å². The molecule has 0 radical (unpaired) electrons. The van der Waals surface area contributed by atoms with Gasteiger partial charge in [-0.25, -0.2) is 4.98 Å². The van der Waals surface area contributed by atoms with E-state index in [0.717, 1.165) is 64.1 Å². The van der Waals surface area contributed by atoms with Crippen molar-refractivity contribution in [3.8, 4) is 0 Å². The van der Waals surface area contributed by atoms with Gasteiger partial charge in [0.15, 0.2) is 0 Å². The van der Waals surface area contributed by atoms with E-state index in [2.05, 4.69) is 38.8 Å². The molecule has 9 nitrogen and oxygen atoms in total. The van der Waals surface area contributed by atoms with Gasteiger partial charge in [0.2, 0.25) is 0 Å². The van der Waals surface area contributed by atoms with Crippen molar-refractivity contribution >= 4 is 11.7 Å². The Bertz CT molecular complexity index is 753. The lowest BCUT2D eigenvalue weighted by Gasteiger charge is -2.38. The Hall–Kier alpha value is -2.42. The molecule has 2 rings (SSSR count). The summed E-state index contributed by atoms with van der Waals surface area (Å²) in [6, 6.07) is 4.50. The first kappa shape index (κ1) is 30.8. The summed E-state index contributed by atoms with van der Waals surface area (Å²) in [5.41, 5.74) is 0.631. The van der Waals surface area contributed by atoms with E-state index in [0.29, 0.717) is 18.2 Å². The highest BCUT2D eigenvalue weighted by Crippen LogP contribution is 2.16. The second-order valence-electron chi connectivity index (χ2n) is 10.2. The van der Waals surface area contributed by atoms with Crippen LogP contribution in [0.25, 0.3) is 0 Å². The van der Waals surface area contributed by atoms with Gasteiger partial charge in [0.25, 0.3) is 11.0 Å². The van der Waals surface area contributed by atoms with Crippen LogP contribution in [0.4, 0.5) is 5.82 Å². The number of hydrogen-bond donors (Lipinski definition) is 1. The first-order chi connectivity index (χ1) is 18.0. The molecule has 0 bridgehead atoms. The summed E-state index contributed by atoms with van der Waals surface area (Å²) < 4.78 is 0. The van der Waals surface area contributed by atoms with E-state index in [-0.39, 0.29) is 12.5 Å². The summed E-state index contributed by atoms with van der Waals surface area (Å²) in [4.78, 5) is 36.2. The van der Waals surface area contributed by atoms with Crippen LogP contribution < -0.4 is 10.2 Å². The fourth-order valence-electron chi connectivity index (χ4n) is 4.80. The number of amides is 1. The molecule has 0 saturated carbocycles. The fraction of sp³-hybridized carbons (Fsp3) is 0.786. The van der Waals surface area contributed by atoms with Gasteiger partial charge in [-0.1, -0.05) is 71.1 Å². The molecule has 1 unspecified atom stereocenters. The van der Waals surface area contributed by atoms with Gasteiger partial charge < -0.3 is 15.1 Å². The van der Waals surface area contributed by atoms with Crippen molar-refractivity contribution in [1.29, 1.82) is 0 Å². The zero-order chi connectivity index (χ0) is 26.7. The van der Waals surface area contributed by atoms with Gasteiger partial charge in [0.1, 0.15) is 5.82 Å². The fourth-order valence-corrected chi connectivity index (χ4v) is 4.80. The van der Waals surface area contributed by atoms with E-state index in [4.69, 9.17) is 0 Å². The highest BCUT2D eigenvalue weighted by molar-refractivity contribution is 5.94. The molecule has 210 valence electrons. The van der Waals surface area contributed by atoms with Gasteiger partial charge in [-0.05, 0) is 38.3 Å². The predicted octanol–water partition coefficient (Wildman–Crippen LogP) is 5.62. The third kappa shape index (κ3) is 13.1. The number of pyridine rings is 1. The average molecular weight is 520 g/mol. The Morgan fingerprint density at radius 2 is 1.54 bits per heavy atom. The molecule has 1 aromatic heterocycles. The number of hydrogen-bond acceptors (Lipinski definition) is 7. The topological polar surface area (TPSA) is 101 Å². The van der Waals surface area contributed by atoms with Gasteiger partial charge in [0, 0.05) is 45.0 Å². The van der Waals surface area contributed by atoms with E-state index in [1.165, 1.54) is 51.4 Å². The first-order valence-electron chi connectivity index (χ1n) is 14.5. The summed E-state index contributed by atoms with van der Waals surface area (Å²) in [5, 5.41) is 12.4. The molecule has 37 heavy (non-hydrogen) atoms. The second-order valence-corrected chi connectivity index (χ2v) is 10.2. The standard InChI is InChI=1S/C28H49N5O4/c1-3-25(2)31-19-21-32(22-20-31)27-17-16-26(24-30-27)28(34)29-18-14-12-10-8-6-4-5-7-9-11-13-15-23-37-33(35)36/h16-17,24-25H,3-15,18-23H2,1-2H3,(H,29,34). The Morgan fingerprint density at radius 1 is 0.973 bits per heavy atom. The van der Waals surface area contributed by atoms with Crippen molar-refractivity contribution in [3.05, 3.63) is 34.0 Å². The maximum atomic E-state index is 12.4. The van der Waals surface area contributed by atoms with Crippen LogP contribution in [-0.2, 0) is 4.84 Å². The summed E-state index contributed by atoms with van der Waals surface area (Å²) in [6.45, 7) is 9.55. The normalized spacial score (nSPS) is 14.9. The Morgan fingerprint density at radius 3 is 2.05 bits per heavy atom. The SMILES string of the molecule is CCC(C)N1CCN(c2ccc(C(=O)NCCCCCCCCCCCCCCO[N+](=O)[O-])cn2)CC1. The summed E-state index contributed by atoms with van der Waals surface area (Å²) in [5.74, 6) is 0.923. The lowest BCUT2D eigenvalue weighted by atomic mass is 10.1. The smallest absolute Gasteiger partial charge is 0.294 e. The van der Waals surface area contributed by atoms with Gasteiger partial charge in [0.05, 0.1) is 12.2 Å². The van der Waals surface area contributed by atoms with Crippen molar-refractivity contribution in [2.45, 2.75) is 103 Å². The quantitative estimate of drug-likeness (QED) is 0.135. The largest absolute Gasteiger partial charge is 0.354 e. The summed E-state index contributed by atoms with van der Waals surface area (Å²) in [6.07, 6.45) is 16.7. The zero-order valence-electron chi connectivity index (χ0n) is 23.2. The number of carbonyl (C=O) groups excluding carboxylic acids is 1. The zero-order valence-corrected chi connectivity index (χ0v) is 23.2. The van der Waals surface area contributed by atoms with Crippen LogP contribution in [-0.4, -0.2) is 66.3 Å². The van der Waals surface area contributed by atoms with Gasteiger partial charge in [-0.2, -0.15) is 0 Å². The molecule has 0 spiro atoms. The van der Waals surface area contributed by atoms with E-state index in [1.54, 1.807) is 6.20 Å². The number of aromatic nitrogens is 1. The summed E-state index contributed by atoms with van der Waals surface area (Å²) >= 11 is 0. The average Bonchev–Trinajstić information content (AvgIpc) is 2.92. The van der Waals surface area contributed by atoms with Crippen LogP contribution in [0.3, 0.4) is 0 Å². The minimum Gasteiger partial charge on any atom is -0.354 e. The van der Waals surface area contributed by atoms with Crippen LogP contribution in [0.15, 0.2) is 18.3 Å². The molecule has 1 aliphatic rings. The lowest BCUT2D eigenvalue weighted by Crippen LogP contribution is -2.49. The van der Waals surface area contributed by atoms with Crippen LogP contribution in [0.2, 0.25) is 0 Å². The highest BCUT2D eigenvalue weighted by atomic mass is 16.9. The van der Waals surface area contributed by atoms with Crippen LogP contribution in [0, 0.1) is 10.1 Å². The molecule has 1 amide bonds. The van der Waals surface area contributed by atoms with Crippen molar-refractivity contribution in [3.63, 3.8) is 0 Å². The highest BCUT2D eigenvalue weighted by Gasteiger charge is 2.21. The number of nitrogens with zero attached hydrogens (tertiary/aromatic N) is 4. The van der Waals surface area contributed by atoms with Crippen molar-refractivity contribution in [1.82, 2.24) is 15.2 Å². The van der Waals surface area contributed by atoms with Gasteiger partial charge in [-0.3, -0.25) is 9.69 Å². The van der Waals surface area contributed by atoms with E-state index in [9.17, 15) is 14.9 Å². The number of unbranched alkanes of at least 4 members (excludes halogenated alkanes) is 11. The molecule has 1 fully saturated rings. The molecule has 0 aromatic carbocycles. The molecule has 2 heterocycles. The number of anilines is 1. The monoisotopic (exact) mass is 519 g/mol. The number of carbonyl (C=O) groups is 1. The molecule has 9 heteroatoms. The summed E-state index contributed by atoms with van der Waals surface area (Å²) in [7, 11) is 0. The first-order valence-corrected chi connectivity index (χ1v) is 14.5. The molecule has 1 aliphatic heterocycles. The van der Waals surface area contributed by atoms with E-state index < -0.39 is 5.09 Å². The van der Waals surface area contributed by atoms with Crippen molar-refractivity contribution in [2.24, 2.45) is 0 Å². The Labute approximate surface area is 223 Å². The number of piperazine rings is 1. The molecule has 1 saturated heterocycles. The second kappa shape index (κ2) is 18.8. The molecular weight excluding hydrogens is 470 g/mol. The lowest BCUT2D eigenvalue weighted by molar-refractivity contribution is -0.757. The predicted molar refractivity (Wildman–Crippen MR) is 148 cm³/mol. The molecule has 1 aromatic rings. The third-order valence-corrected chi connectivity index (χ3v) is 7.42.